The van der Waals surface area contributed by atoms with Crippen LogP contribution in [0.2, 0.25) is 25.7 Å². The SMILES string of the molecule is CC(C)(C)NC(=O)c1cn(COCC[Si](C)(C)C)c2ncc(Br)nc12.Cc1cc(Nc2cnc3[nH]cc(C(=O)NC(C)(C)C)c3n2)n[nH]1. The van der Waals surface area contributed by atoms with Crippen molar-refractivity contribution in [1.29, 1.82) is 0 Å². The Morgan fingerprint density at radius 1 is 0.938 bits per heavy atom. The minimum Gasteiger partial charge on any atom is -0.361 e. The van der Waals surface area contributed by atoms with Crippen molar-refractivity contribution in [3.8, 4) is 0 Å². The Balaban J connectivity index is 0.000000217. The van der Waals surface area contributed by atoms with Crippen LogP contribution in [0.15, 0.2) is 35.5 Å². The van der Waals surface area contributed by atoms with Gasteiger partial charge in [0.15, 0.2) is 22.9 Å². The van der Waals surface area contributed by atoms with E-state index in [9.17, 15) is 9.59 Å². The second kappa shape index (κ2) is 14.5. The molecule has 258 valence electrons. The lowest BCUT2D eigenvalue weighted by Gasteiger charge is -2.20. The highest BCUT2D eigenvalue weighted by Gasteiger charge is 2.23. The molecule has 0 atom stereocenters. The number of aryl methyl sites for hydroxylation is 1. The zero-order valence-electron chi connectivity index (χ0n) is 29.3. The largest absolute Gasteiger partial charge is 0.361 e. The molecular weight excluding hydrogens is 694 g/mol. The molecule has 5 N–H and O–H groups in total. The third kappa shape index (κ3) is 10.4. The van der Waals surface area contributed by atoms with Crippen LogP contribution in [-0.2, 0) is 11.5 Å². The van der Waals surface area contributed by atoms with Crippen molar-refractivity contribution in [2.24, 2.45) is 0 Å². The molecule has 2 amide bonds. The summed E-state index contributed by atoms with van der Waals surface area (Å²) < 4.78 is 8.26. The maximum absolute atomic E-state index is 12.6. The minimum atomic E-state index is -1.13. The number of nitrogens with zero attached hydrogens (tertiary/aromatic N) is 6. The molecule has 5 rings (SSSR count). The number of fused-ring (bicyclic) bond motifs is 2. The Morgan fingerprint density at radius 2 is 1.60 bits per heavy atom. The van der Waals surface area contributed by atoms with Crippen molar-refractivity contribution in [1.82, 2.24) is 50.3 Å². The quantitative estimate of drug-likeness (QED) is 0.0857. The van der Waals surface area contributed by atoms with E-state index in [-0.39, 0.29) is 22.9 Å². The number of H-pyrrole nitrogens is 2. The van der Waals surface area contributed by atoms with Crippen molar-refractivity contribution >= 4 is 69.8 Å². The van der Waals surface area contributed by atoms with Gasteiger partial charge < -0.3 is 30.2 Å². The highest BCUT2D eigenvalue weighted by Crippen LogP contribution is 2.22. The highest BCUT2D eigenvalue weighted by molar-refractivity contribution is 9.10. The molecule has 0 aliphatic heterocycles. The third-order valence-corrected chi connectivity index (χ3v) is 8.66. The van der Waals surface area contributed by atoms with Crippen molar-refractivity contribution in [2.45, 2.75) is 92.0 Å². The molecule has 0 unspecified atom stereocenters. The van der Waals surface area contributed by atoms with Gasteiger partial charge in [0.25, 0.3) is 11.8 Å². The summed E-state index contributed by atoms with van der Waals surface area (Å²) in [6.07, 6.45) is 6.61. The van der Waals surface area contributed by atoms with Gasteiger partial charge in [-0.3, -0.25) is 14.7 Å². The normalized spacial score (nSPS) is 12.1. The van der Waals surface area contributed by atoms with Gasteiger partial charge in [-0.15, -0.1) is 0 Å². The van der Waals surface area contributed by atoms with E-state index < -0.39 is 8.07 Å². The molecule has 14 nitrogen and oxygen atoms in total. The van der Waals surface area contributed by atoms with E-state index in [1.54, 1.807) is 24.8 Å². The van der Waals surface area contributed by atoms with Gasteiger partial charge in [0.05, 0.1) is 23.5 Å². The van der Waals surface area contributed by atoms with Gasteiger partial charge in [0.1, 0.15) is 22.4 Å². The molecule has 0 aliphatic carbocycles. The van der Waals surface area contributed by atoms with Crippen LogP contribution < -0.4 is 16.0 Å². The summed E-state index contributed by atoms with van der Waals surface area (Å²) >= 11 is 3.33. The summed E-state index contributed by atoms with van der Waals surface area (Å²) in [4.78, 5) is 45.6. The molecule has 0 saturated heterocycles. The van der Waals surface area contributed by atoms with E-state index in [1.165, 1.54) is 0 Å². The average Bonchev–Trinajstić information content (AvgIpc) is 3.65. The molecule has 0 radical (unpaired) electrons. The molecule has 5 aromatic rings. The fourth-order valence-corrected chi connectivity index (χ4v) is 5.43. The van der Waals surface area contributed by atoms with Gasteiger partial charge in [0, 0.05) is 49.9 Å². The summed E-state index contributed by atoms with van der Waals surface area (Å²) in [5.74, 6) is 0.817. The lowest BCUT2D eigenvalue weighted by Crippen LogP contribution is -2.40. The number of amides is 2. The van der Waals surface area contributed by atoms with Crippen LogP contribution in [0.1, 0.15) is 68.0 Å². The zero-order chi connectivity index (χ0) is 35.4. The standard InChI is InChI=1S/C17H27BrN4O2Si.C15H19N7O/c1-17(2,3)21-16(23)12-10-22(11-24-7-8-25(4,5)6)15-14(12)20-13(18)9-19-15;1-8-5-10(22-21-8)18-11-7-17-13-12(19-11)9(6-16-13)14(23)20-15(2,3)4/h9-10H,7-8,11H2,1-6H3,(H,21,23);5-7H,1-4H3,(H,16,17)(H,20,23)(H2,18,19,21,22). The van der Waals surface area contributed by atoms with E-state index in [4.69, 9.17) is 4.74 Å². The highest BCUT2D eigenvalue weighted by atomic mass is 79.9. The fourth-order valence-electron chi connectivity index (χ4n) is 4.39. The Kier molecular flexibility index (Phi) is 11.1. The Bertz CT molecular complexity index is 1900. The van der Waals surface area contributed by atoms with Crippen LogP contribution in [0.4, 0.5) is 11.6 Å². The summed E-state index contributed by atoms with van der Waals surface area (Å²) in [7, 11) is -1.13. The second-order valence-corrected chi connectivity index (χ2v) is 21.3. The van der Waals surface area contributed by atoms with Crippen molar-refractivity contribution in [3.05, 3.63) is 52.3 Å². The van der Waals surface area contributed by atoms with E-state index in [2.05, 4.69) is 86.6 Å². The van der Waals surface area contributed by atoms with E-state index in [0.717, 1.165) is 11.7 Å². The smallest absolute Gasteiger partial charge is 0.255 e. The van der Waals surface area contributed by atoms with Gasteiger partial charge in [-0.2, -0.15) is 5.10 Å². The van der Waals surface area contributed by atoms with Crippen LogP contribution in [0.5, 0.6) is 0 Å². The maximum atomic E-state index is 12.6. The van der Waals surface area contributed by atoms with Gasteiger partial charge >= 0.3 is 0 Å². The first-order valence-electron chi connectivity index (χ1n) is 15.7. The lowest BCUT2D eigenvalue weighted by molar-refractivity contribution is 0.0884. The number of nitrogens with one attached hydrogen (secondary N) is 5. The van der Waals surface area contributed by atoms with Crippen LogP contribution in [0, 0.1) is 6.92 Å². The molecule has 0 bridgehead atoms. The third-order valence-electron chi connectivity index (χ3n) is 6.57. The topological polar surface area (TPSA) is 180 Å². The van der Waals surface area contributed by atoms with E-state index in [0.29, 0.717) is 63.0 Å². The number of hydrogen-bond acceptors (Lipinski definition) is 9. The van der Waals surface area contributed by atoms with E-state index in [1.807, 2.05) is 59.1 Å². The molecule has 16 heteroatoms. The van der Waals surface area contributed by atoms with Crippen molar-refractivity contribution < 1.29 is 14.3 Å². The summed E-state index contributed by atoms with van der Waals surface area (Å²) in [5.41, 5.74) is 3.57. The molecule has 48 heavy (non-hydrogen) atoms. The molecule has 0 aromatic carbocycles. The first kappa shape index (κ1) is 36.7. The predicted octanol–water partition coefficient (Wildman–Crippen LogP) is 6.30. The molecule has 0 spiro atoms. The number of aromatic amines is 2. The number of hydrogen-bond donors (Lipinski definition) is 5. The molecule has 0 fully saturated rings. The van der Waals surface area contributed by atoms with E-state index >= 15 is 0 Å². The zero-order valence-corrected chi connectivity index (χ0v) is 31.9. The summed E-state index contributed by atoms with van der Waals surface area (Å²) in [6, 6.07) is 2.96. The first-order chi connectivity index (χ1) is 22.3. The molecule has 0 saturated carbocycles. The van der Waals surface area contributed by atoms with Crippen LogP contribution in [0.3, 0.4) is 0 Å². The Labute approximate surface area is 289 Å². The van der Waals surface area contributed by atoms with Gasteiger partial charge in [0.2, 0.25) is 0 Å². The van der Waals surface area contributed by atoms with Gasteiger partial charge in [-0.05, 0) is 70.4 Å². The number of halogens is 1. The Morgan fingerprint density at radius 3 is 2.21 bits per heavy atom. The van der Waals surface area contributed by atoms with Gasteiger partial charge in [-0.1, -0.05) is 19.6 Å². The average molecular weight is 741 g/mol. The first-order valence-corrected chi connectivity index (χ1v) is 20.2. The van der Waals surface area contributed by atoms with Crippen LogP contribution >= 0.6 is 15.9 Å². The number of carbonyl (C=O) groups excluding carboxylic acids is 2. The molecular formula is C32H46BrN11O3Si. The Hall–Kier alpha value is -4.15. The number of anilines is 2. The second-order valence-electron chi connectivity index (χ2n) is 14.8. The minimum absolute atomic E-state index is 0.161. The molecule has 5 aromatic heterocycles. The van der Waals surface area contributed by atoms with Crippen LogP contribution in [0.25, 0.3) is 22.3 Å². The molecule has 5 heterocycles. The summed E-state index contributed by atoms with van der Waals surface area (Å²) in [5, 5.41) is 15.9. The van der Waals surface area contributed by atoms with Crippen LogP contribution in [-0.4, -0.2) is 77.3 Å². The summed E-state index contributed by atoms with van der Waals surface area (Å²) in [6.45, 7) is 21.6. The fraction of sp³-hybridized carbons (Fsp3) is 0.469. The predicted molar refractivity (Wildman–Crippen MR) is 194 cm³/mol. The van der Waals surface area contributed by atoms with Crippen molar-refractivity contribution in [2.75, 3.05) is 11.9 Å². The number of carbonyl (C=O) groups is 2. The number of ether oxygens (including phenoxy) is 1. The lowest BCUT2D eigenvalue weighted by atomic mass is 10.1. The van der Waals surface area contributed by atoms with Gasteiger partial charge in [-0.25, -0.2) is 19.9 Å². The maximum Gasteiger partial charge on any atom is 0.255 e. The number of rotatable bonds is 9. The number of aromatic nitrogens is 8. The monoisotopic (exact) mass is 739 g/mol. The van der Waals surface area contributed by atoms with Crippen molar-refractivity contribution in [3.63, 3.8) is 0 Å². The molecule has 0 aliphatic rings.